The Balaban J connectivity index is 1.63. The second-order valence-electron chi connectivity index (χ2n) is 5.13. The smallest absolute Gasteiger partial charge is 0.0966 e. The zero-order chi connectivity index (χ0) is 11.5. The van der Waals surface area contributed by atoms with Crippen LogP contribution in [0.4, 0.5) is 0 Å². The molecule has 1 aliphatic heterocycles. The number of amidine groups is 1. The Bertz CT molecular complexity index is 387. The van der Waals surface area contributed by atoms with Crippen LogP contribution in [0.25, 0.3) is 0 Å². The second-order valence-corrected chi connectivity index (χ2v) is 5.13. The van der Waals surface area contributed by atoms with E-state index in [4.69, 9.17) is 4.99 Å². The number of nitrogens with one attached hydrogen (secondary N) is 1. The van der Waals surface area contributed by atoms with Gasteiger partial charge in [-0.3, -0.25) is 4.99 Å². The number of aliphatic imine (C=N–C) groups is 1. The van der Waals surface area contributed by atoms with Crippen molar-refractivity contribution in [2.24, 2.45) is 4.99 Å². The highest BCUT2D eigenvalue weighted by Gasteiger charge is 2.38. The third-order valence-electron chi connectivity index (χ3n) is 3.73. The number of hydrogen-bond acceptors (Lipinski definition) is 1. The monoisotopic (exact) mass is 228 g/mol. The van der Waals surface area contributed by atoms with Crippen LogP contribution in [0.1, 0.15) is 43.6 Å². The maximum absolute atomic E-state index is 4.87. The van der Waals surface area contributed by atoms with E-state index >= 15 is 0 Å². The second kappa shape index (κ2) is 4.91. The van der Waals surface area contributed by atoms with Gasteiger partial charge in [0.2, 0.25) is 0 Å². The molecule has 2 nitrogen and oxygen atoms in total. The molecule has 2 heteroatoms. The molecule has 2 aliphatic rings. The molecule has 1 saturated carbocycles. The predicted octanol–water partition coefficient (Wildman–Crippen LogP) is 3.10. The van der Waals surface area contributed by atoms with Crippen molar-refractivity contribution in [3.63, 3.8) is 0 Å². The topological polar surface area (TPSA) is 24.4 Å². The fourth-order valence-corrected chi connectivity index (χ4v) is 2.61. The predicted molar refractivity (Wildman–Crippen MR) is 71.5 cm³/mol. The minimum atomic E-state index is 0.540. The molecule has 1 heterocycles. The minimum absolute atomic E-state index is 0.540. The molecule has 2 atom stereocenters. The van der Waals surface area contributed by atoms with Gasteiger partial charge in [0.25, 0.3) is 0 Å². The highest BCUT2D eigenvalue weighted by molar-refractivity contribution is 5.82. The largest absolute Gasteiger partial charge is 0.374 e. The molecule has 1 aromatic carbocycles. The van der Waals surface area contributed by atoms with Crippen molar-refractivity contribution in [3.8, 4) is 0 Å². The molecular formula is C15H20N2. The quantitative estimate of drug-likeness (QED) is 0.826. The van der Waals surface area contributed by atoms with Crippen molar-refractivity contribution < 1.29 is 0 Å². The molecule has 2 fully saturated rings. The van der Waals surface area contributed by atoms with Gasteiger partial charge in [-0.2, -0.15) is 0 Å². The first-order chi connectivity index (χ1) is 8.43. The molecule has 90 valence electrons. The highest BCUT2D eigenvalue weighted by Crippen LogP contribution is 2.43. The Morgan fingerprint density at radius 2 is 1.94 bits per heavy atom. The number of nitrogens with zero attached hydrogens (tertiary/aromatic N) is 1. The van der Waals surface area contributed by atoms with Gasteiger partial charge in [0.05, 0.1) is 11.9 Å². The van der Waals surface area contributed by atoms with Crippen LogP contribution in [0.15, 0.2) is 35.3 Å². The van der Waals surface area contributed by atoms with Crippen molar-refractivity contribution in [1.82, 2.24) is 5.32 Å². The molecule has 17 heavy (non-hydrogen) atoms. The molecule has 0 spiro atoms. The van der Waals surface area contributed by atoms with Crippen molar-refractivity contribution in [3.05, 3.63) is 35.9 Å². The maximum Gasteiger partial charge on any atom is 0.0966 e. The van der Waals surface area contributed by atoms with Crippen LogP contribution in [0.3, 0.4) is 0 Å². The number of benzene rings is 1. The molecule has 1 aliphatic carbocycles. The van der Waals surface area contributed by atoms with E-state index in [0.29, 0.717) is 12.0 Å². The summed E-state index contributed by atoms with van der Waals surface area (Å²) in [7, 11) is 0. The Labute approximate surface area is 103 Å². The third kappa shape index (κ3) is 2.68. The Morgan fingerprint density at radius 1 is 1.06 bits per heavy atom. The Morgan fingerprint density at radius 3 is 2.82 bits per heavy atom. The van der Waals surface area contributed by atoms with Crippen molar-refractivity contribution in [1.29, 1.82) is 0 Å². The SMILES string of the molecule is c1ccc(C2CC2N=C2CCCCCN2)cc1. The lowest BCUT2D eigenvalue weighted by Gasteiger charge is -2.04. The van der Waals surface area contributed by atoms with E-state index in [0.717, 1.165) is 13.0 Å². The summed E-state index contributed by atoms with van der Waals surface area (Å²) in [6.45, 7) is 1.11. The minimum Gasteiger partial charge on any atom is -0.374 e. The van der Waals surface area contributed by atoms with Gasteiger partial charge >= 0.3 is 0 Å². The van der Waals surface area contributed by atoms with Crippen molar-refractivity contribution in [2.45, 2.75) is 44.1 Å². The lowest BCUT2D eigenvalue weighted by Crippen LogP contribution is -2.22. The lowest BCUT2D eigenvalue weighted by atomic mass is 10.1. The first-order valence-electron chi connectivity index (χ1n) is 6.79. The first-order valence-corrected chi connectivity index (χ1v) is 6.79. The van der Waals surface area contributed by atoms with E-state index < -0.39 is 0 Å². The Hall–Kier alpha value is -1.31. The van der Waals surface area contributed by atoms with Gasteiger partial charge < -0.3 is 5.32 Å². The van der Waals surface area contributed by atoms with Crippen LogP contribution in [-0.2, 0) is 0 Å². The number of rotatable bonds is 2. The van der Waals surface area contributed by atoms with Crippen LogP contribution >= 0.6 is 0 Å². The highest BCUT2D eigenvalue weighted by atomic mass is 15.0. The third-order valence-corrected chi connectivity index (χ3v) is 3.73. The molecule has 3 rings (SSSR count). The zero-order valence-corrected chi connectivity index (χ0v) is 10.2. The van der Waals surface area contributed by atoms with Gasteiger partial charge in [-0.1, -0.05) is 36.8 Å². The van der Waals surface area contributed by atoms with E-state index in [1.165, 1.54) is 37.1 Å². The van der Waals surface area contributed by atoms with Gasteiger partial charge in [0, 0.05) is 18.9 Å². The van der Waals surface area contributed by atoms with E-state index in [1.54, 1.807) is 0 Å². The molecule has 1 saturated heterocycles. The normalized spacial score (nSPS) is 30.7. The zero-order valence-electron chi connectivity index (χ0n) is 10.2. The van der Waals surface area contributed by atoms with Crippen molar-refractivity contribution in [2.75, 3.05) is 6.54 Å². The molecule has 1 aromatic rings. The number of hydrogen-bond donors (Lipinski definition) is 1. The molecule has 0 amide bonds. The maximum atomic E-state index is 4.87. The fourth-order valence-electron chi connectivity index (χ4n) is 2.61. The van der Waals surface area contributed by atoms with Crippen LogP contribution in [0.2, 0.25) is 0 Å². The molecule has 1 N–H and O–H groups in total. The van der Waals surface area contributed by atoms with Crippen LogP contribution in [-0.4, -0.2) is 18.4 Å². The molecule has 2 unspecified atom stereocenters. The van der Waals surface area contributed by atoms with E-state index in [-0.39, 0.29) is 0 Å². The van der Waals surface area contributed by atoms with Crippen LogP contribution in [0.5, 0.6) is 0 Å². The van der Waals surface area contributed by atoms with Crippen LogP contribution < -0.4 is 5.32 Å². The van der Waals surface area contributed by atoms with Gasteiger partial charge in [-0.15, -0.1) is 0 Å². The Kier molecular flexibility index (Phi) is 3.12. The summed E-state index contributed by atoms with van der Waals surface area (Å²) in [5.74, 6) is 1.93. The van der Waals surface area contributed by atoms with E-state index in [2.05, 4.69) is 35.6 Å². The van der Waals surface area contributed by atoms with Crippen molar-refractivity contribution >= 4 is 5.84 Å². The molecule has 0 aromatic heterocycles. The summed E-state index contributed by atoms with van der Waals surface area (Å²) >= 11 is 0. The molecule has 0 bridgehead atoms. The van der Waals surface area contributed by atoms with Crippen LogP contribution in [0, 0.1) is 0 Å². The first kappa shape index (κ1) is 10.8. The average molecular weight is 228 g/mol. The average Bonchev–Trinajstić information content (AvgIpc) is 3.16. The van der Waals surface area contributed by atoms with Gasteiger partial charge in [0.15, 0.2) is 0 Å². The summed E-state index contributed by atoms with van der Waals surface area (Å²) in [6, 6.07) is 11.3. The summed E-state index contributed by atoms with van der Waals surface area (Å²) in [5, 5.41) is 3.47. The summed E-state index contributed by atoms with van der Waals surface area (Å²) in [6.07, 6.45) is 6.33. The van der Waals surface area contributed by atoms with E-state index in [9.17, 15) is 0 Å². The molecule has 0 radical (unpaired) electrons. The summed E-state index contributed by atoms with van der Waals surface area (Å²) in [4.78, 5) is 4.87. The summed E-state index contributed by atoms with van der Waals surface area (Å²) in [5.41, 5.74) is 1.45. The fraction of sp³-hybridized carbons (Fsp3) is 0.533. The van der Waals surface area contributed by atoms with E-state index in [1.807, 2.05) is 0 Å². The van der Waals surface area contributed by atoms with Gasteiger partial charge in [-0.25, -0.2) is 0 Å². The lowest BCUT2D eigenvalue weighted by molar-refractivity contribution is 0.721. The summed E-state index contributed by atoms with van der Waals surface area (Å²) < 4.78 is 0. The molecular weight excluding hydrogens is 208 g/mol. The standard InChI is InChI=1S/C15H20N2/c1-3-7-12(8-4-1)13-11-14(13)17-15-9-5-2-6-10-16-15/h1,3-4,7-8,13-14H,2,5-6,9-11H2,(H,16,17). The van der Waals surface area contributed by atoms with Gasteiger partial charge in [-0.05, 0) is 24.8 Å². The van der Waals surface area contributed by atoms with Gasteiger partial charge in [0.1, 0.15) is 0 Å².